The molecule has 2 aromatic rings. The lowest BCUT2D eigenvalue weighted by molar-refractivity contribution is -0.0511. The normalized spacial score (nSPS) is 10.9. The molecule has 1 aromatic carbocycles. The summed E-state index contributed by atoms with van der Waals surface area (Å²) >= 11 is 0. The van der Waals surface area contributed by atoms with E-state index in [4.69, 9.17) is 4.74 Å². The van der Waals surface area contributed by atoms with Crippen molar-refractivity contribution in [2.24, 2.45) is 0 Å². The average molecular weight is 258 g/mol. The Hall–Kier alpha value is -2.38. The lowest BCUT2D eigenvalue weighted by atomic mass is 10.2. The van der Waals surface area contributed by atoms with Crippen molar-refractivity contribution in [3.63, 3.8) is 0 Å². The first-order chi connectivity index (χ1) is 8.51. The van der Waals surface area contributed by atoms with Gasteiger partial charge in [-0.15, -0.1) is 0 Å². The minimum atomic E-state index is -3.04. The fourth-order valence-corrected chi connectivity index (χ4v) is 1.52. The summed E-state index contributed by atoms with van der Waals surface area (Å²) in [6, 6.07) is 2.32. The van der Waals surface area contributed by atoms with Crippen LogP contribution in [0, 0.1) is 0 Å². The van der Waals surface area contributed by atoms with Crippen molar-refractivity contribution < 1.29 is 18.3 Å². The van der Waals surface area contributed by atoms with Crippen molar-refractivity contribution in [2.75, 3.05) is 7.11 Å². The van der Waals surface area contributed by atoms with Crippen LogP contribution in [0.4, 0.5) is 8.78 Å². The molecule has 6 nitrogen and oxygen atoms in total. The van der Waals surface area contributed by atoms with Crippen LogP contribution in [0.3, 0.4) is 0 Å². The molecule has 0 unspecified atom stereocenters. The molecule has 0 saturated carbocycles. The van der Waals surface area contributed by atoms with Crippen LogP contribution in [-0.2, 0) is 0 Å². The van der Waals surface area contributed by atoms with Crippen molar-refractivity contribution in [3.05, 3.63) is 33.0 Å². The third-order valence-corrected chi connectivity index (χ3v) is 2.24. The molecule has 0 spiro atoms. The van der Waals surface area contributed by atoms with Crippen molar-refractivity contribution in [3.8, 4) is 11.5 Å². The van der Waals surface area contributed by atoms with E-state index in [1.807, 2.05) is 4.98 Å². The molecule has 2 N–H and O–H groups in total. The number of rotatable bonds is 3. The molecule has 0 atom stereocenters. The van der Waals surface area contributed by atoms with E-state index in [1.54, 1.807) is 0 Å². The Morgan fingerprint density at radius 1 is 1.17 bits per heavy atom. The summed E-state index contributed by atoms with van der Waals surface area (Å²) in [7, 11) is 1.25. The highest BCUT2D eigenvalue weighted by Crippen LogP contribution is 2.31. The second-order valence-electron chi connectivity index (χ2n) is 3.34. The standard InChI is InChI=1S/C10H8F2N2O4/c1-17-6-3-5-4(2-7(6)18-9(11)12)8(15)14-10(16)13-5/h2-3,9H,1H3,(H2,13,14,15,16). The predicted molar refractivity (Wildman–Crippen MR) is 58.4 cm³/mol. The van der Waals surface area contributed by atoms with Crippen LogP contribution in [-0.4, -0.2) is 23.7 Å². The van der Waals surface area contributed by atoms with Crippen molar-refractivity contribution >= 4 is 10.9 Å². The van der Waals surface area contributed by atoms with Gasteiger partial charge in [-0.1, -0.05) is 0 Å². The molecule has 0 saturated heterocycles. The molecule has 96 valence electrons. The molecular formula is C10H8F2N2O4. The summed E-state index contributed by atoms with van der Waals surface area (Å²) in [5.74, 6) is -0.290. The fourth-order valence-electron chi connectivity index (χ4n) is 1.52. The first kappa shape index (κ1) is 12.1. The third kappa shape index (κ3) is 2.17. The summed E-state index contributed by atoms with van der Waals surface area (Å²) in [5, 5.41) is 0.0195. The van der Waals surface area contributed by atoms with E-state index in [0.29, 0.717) is 0 Å². The van der Waals surface area contributed by atoms with E-state index in [1.165, 1.54) is 13.2 Å². The van der Waals surface area contributed by atoms with Crippen LogP contribution in [0.15, 0.2) is 21.7 Å². The Morgan fingerprint density at radius 2 is 1.89 bits per heavy atom. The maximum absolute atomic E-state index is 12.2. The van der Waals surface area contributed by atoms with Gasteiger partial charge in [0, 0.05) is 6.07 Å². The maximum Gasteiger partial charge on any atom is 0.387 e. The summed E-state index contributed by atoms with van der Waals surface area (Å²) < 4.78 is 33.4. The number of H-pyrrole nitrogens is 2. The van der Waals surface area contributed by atoms with Gasteiger partial charge in [-0.2, -0.15) is 8.78 Å². The number of fused-ring (bicyclic) bond motifs is 1. The number of halogens is 2. The Morgan fingerprint density at radius 3 is 2.50 bits per heavy atom. The van der Waals surface area contributed by atoms with Crippen LogP contribution in [0.25, 0.3) is 10.9 Å². The lowest BCUT2D eigenvalue weighted by Gasteiger charge is -2.10. The second-order valence-corrected chi connectivity index (χ2v) is 3.34. The van der Waals surface area contributed by atoms with Crippen molar-refractivity contribution in [2.45, 2.75) is 6.61 Å². The SMILES string of the molecule is COc1cc2[nH]c(=O)[nH]c(=O)c2cc1OC(F)F. The Bertz CT molecular complexity index is 692. The van der Waals surface area contributed by atoms with E-state index >= 15 is 0 Å². The van der Waals surface area contributed by atoms with E-state index in [0.717, 1.165) is 6.07 Å². The minimum absolute atomic E-state index is 0.0101. The van der Waals surface area contributed by atoms with Gasteiger partial charge in [-0.05, 0) is 6.07 Å². The maximum atomic E-state index is 12.2. The molecule has 0 aliphatic heterocycles. The molecular weight excluding hydrogens is 250 g/mol. The highest BCUT2D eigenvalue weighted by molar-refractivity contribution is 5.81. The van der Waals surface area contributed by atoms with Gasteiger partial charge >= 0.3 is 12.3 Å². The van der Waals surface area contributed by atoms with E-state index in [2.05, 4.69) is 9.72 Å². The van der Waals surface area contributed by atoms with E-state index in [9.17, 15) is 18.4 Å². The van der Waals surface area contributed by atoms with Crippen molar-refractivity contribution in [1.29, 1.82) is 0 Å². The molecule has 0 fully saturated rings. The van der Waals surface area contributed by atoms with Crippen molar-refractivity contribution in [1.82, 2.24) is 9.97 Å². The number of methoxy groups -OCH3 is 1. The molecule has 8 heteroatoms. The average Bonchev–Trinajstić information content (AvgIpc) is 2.28. The summed E-state index contributed by atoms with van der Waals surface area (Å²) in [6.45, 7) is -3.04. The zero-order valence-corrected chi connectivity index (χ0v) is 9.12. The predicted octanol–water partition coefficient (Wildman–Crippen LogP) is 0.826. The third-order valence-electron chi connectivity index (χ3n) is 2.24. The number of aromatic amines is 2. The summed E-state index contributed by atoms with van der Waals surface area (Å²) in [6.07, 6.45) is 0. The number of nitrogens with one attached hydrogen (secondary N) is 2. The fraction of sp³-hybridized carbons (Fsp3) is 0.200. The monoisotopic (exact) mass is 258 g/mol. The van der Waals surface area contributed by atoms with Gasteiger partial charge in [0.1, 0.15) is 0 Å². The van der Waals surface area contributed by atoms with Gasteiger partial charge in [0.05, 0.1) is 18.0 Å². The number of hydrogen-bond acceptors (Lipinski definition) is 4. The van der Waals surface area contributed by atoms with Gasteiger partial charge in [0.25, 0.3) is 5.56 Å². The Kier molecular flexibility index (Phi) is 3.00. The molecule has 0 bridgehead atoms. The molecule has 1 heterocycles. The Labute approximate surface area is 98.2 Å². The number of ether oxygens (including phenoxy) is 2. The molecule has 1 aromatic heterocycles. The number of hydrogen-bond donors (Lipinski definition) is 2. The van der Waals surface area contributed by atoms with Gasteiger partial charge in [0.2, 0.25) is 0 Å². The second kappa shape index (κ2) is 4.47. The van der Waals surface area contributed by atoms with E-state index in [-0.39, 0.29) is 22.4 Å². The minimum Gasteiger partial charge on any atom is -0.493 e. The van der Waals surface area contributed by atoms with Gasteiger partial charge < -0.3 is 14.5 Å². The Balaban J connectivity index is 2.73. The number of aromatic nitrogens is 2. The van der Waals surface area contributed by atoms with Crippen LogP contribution < -0.4 is 20.7 Å². The molecule has 18 heavy (non-hydrogen) atoms. The molecule has 0 amide bonds. The topological polar surface area (TPSA) is 84.2 Å². The molecule has 0 aliphatic carbocycles. The van der Waals surface area contributed by atoms with Crippen LogP contribution in [0.1, 0.15) is 0 Å². The summed E-state index contributed by atoms with van der Waals surface area (Å²) in [4.78, 5) is 26.9. The van der Waals surface area contributed by atoms with Crippen LogP contribution in [0.5, 0.6) is 11.5 Å². The molecule has 2 rings (SSSR count). The zero-order valence-electron chi connectivity index (χ0n) is 9.12. The van der Waals surface area contributed by atoms with E-state index < -0.39 is 17.9 Å². The van der Waals surface area contributed by atoms with Gasteiger partial charge in [-0.3, -0.25) is 9.78 Å². The lowest BCUT2D eigenvalue weighted by Crippen LogP contribution is -2.22. The highest BCUT2D eigenvalue weighted by Gasteiger charge is 2.13. The van der Waals surface area contributed by atoms with Crippen LogP contribution >= 0.6 is 0 Å². The molecule has 0 radical (unpaired) electrons. The van der Waals surface area contributed by atoms with Gasteiger partial charge in [0.15, 0.2) is 11.5 Å². The first-order valence-electron chi connectivity index (χ1n) is 4.80. The molecule has 0 aliphatic rings. The number of alkyl halides is 2. The van der Waals surface area contributed by atoms with Gasteiger partial charge in [-0.25, -0.2) is 4.79 Å². The zero-order chi connectivity index (χ0) is 13.3. The first-order valence-corrected chi connectivity index (χ1v) is 4.80. The quantitative estimate of drug-likeness (QED) is 0.853. The van der Waals surface area contributed by atoms with Crippen LogP contribution in [0.2, 0.25) is 0 Å². The highest BCUT2D eigenvalue weighted by atomic mass is 19.3. The smallest absolute Gasteiger partial charge is 0.387 e. The number of benzene rings is 1. The summed E-state index contributed by atoms with van der Waals surface area (Å²) in [5.41, 5.74) is -1.23. The largest absolute Gasteiger partial charge is 0.493 e.